The second-order valence-electron chi connectivity index (χ2n) is 3.69. The van der Waals surface area contributed by atoms with Crippen molar-refractivity contribution in [3.05, 3.63) is 54.1 Å². The van der Waals surface area contributed by atoms with Crippen LogP contribution in [0.15, 0.2) is 52.3 Å². The molecule has 0 aromatic carbocycles. The monoisotopic (exact) mass is 281 g/mol. The molecular formula is C13H10F3N3O. The minimum absolute atomic E-state index is 0.223. The molecule has 0 aliphatic carbocycles. The van der Waals surface area contributed by atoms with Crippen molar-refractivity contribution < 1.29 is 17.6 Å². The van der Waals surface area contributed by atoms with Crippen molar-refractivity contribution >= 4 is 18.1 Å². The Labute approximate surface area is 112 Å². The summed E-state index contributed by atoms with van der Waals surface area (Å²) >= 11 is 0. The van der Waals surface area contributed by atoms with Gasteiger partial charge in [0.25, 0.3) is 0 Å². The number of halogens is 3. The minimum Gasteiger partial charge on any atom is -0.465 e. The second kappa shape index (κ2) is 6.05. The first-order chi connectivity index (χ1) is 9.55. The van der Waals surface area contributed by atoms with Crippen LogP contribution in [-0.4, -0.2) is 11.2 Å². The standard InChI is InChI=1S/C13H10F3N3O/c14-13(15,16)10-5-6-12(17-9-10)19-18-7-1-3-11-4-2-8-20-11/h1-9H,(H,17,19)/b3-1+,18-7+. The van der Waals surface area contributed by atoms with Crippen LogP contribution in [0, 0.1) is 0 Å². The molecule has 0 bridgehead atoms. The van der Waals surface area contributed by atoms with E-state index >= 15 is 0 Å². The van der Waals surface area contributed by atoms with Crippen LogP contribution in [0.1, 0.15) is 11.3 Å². The van der Waals surface area contributed by atoms with Crippen LogP contribution < -0.4 is 5.43 Å². The van der Waals surface area contributed by atoms with Gasteiger partial charge >= 0.3 is 6.18 Å². The molecule has 0 atom stereocenters. The summed E-state index contributed by atoms with van der Waals surface area (Å²) < 4.78 is 42.0. The Morgan fingerprint density at radius 3 is 2.70 bits per heavy atom. The third-order valence-corrected chi connectivity index (χ3v) is 2.23. The van der Waals surface area contributed by atoms with E-state index < -0.39 is 11.7 Å². The van der Waals surface area contributed by atoms with Gasteiger partial charge in [0.05, 0.1) is 11.8 Å². The molecule has 0 unspecified atom stereocenters. The number of nitrogens with one attached hydrogen (secondary N) is 1. The third kappa shape index (κ3) is 3.98. The van der Waals surface area contributed by atoms with Crippen LogP contribution in [0.25, 0.3) is 6.08 Å². The van der Waals surface area contributed by atoms with Gasteiger partial charge in [-0.2, -0.15) is 18.3 Å². The van der Waals surface area contributed by atoms with Crippen LogP contribution in [0.5, 0.6) is 0 Å². The first-order valence-electron chi connectivity index (χ1n) is 5.58. The summed E-state index contributed by atoms with van der Waals surface area (Å²) in [5.41, 5.74) is 1.71. The van der Waals surface area contributed by atoms with E-state index in [0.717, 1.165) is 12.3 Å². The number of pyridine rings is 1. The zero-order valence-corrected chi connectivity index (χ0v) is 10.1. The number of hydrazone groups is 1. The average molecular weight is 281 g/mol. The Morgan fingerprint density at radius 2 is 2.10 bits per heavy atom. The SMILES string of the molecule is FC(F)(F)c1ccc(N/N=C/C=C/c2ccco2)nc1. The van der Waals surface area contributed by atoms with Crippen molar-refractivity contribution in [2.45, 2.75) is 6.18 Å². The van der Waals surface area contributed by atoms with Gasteiger partial charge < -0.3 is 4.42 Å². The molecule has 1 N–H and O–H groups in total. The quantitative estimate of drug-likeness (QED) is 0.685. The largest absolute Gasteiger partial charge is 0.465 e. The number of hydrogen-bond donors (Lipinski definition) is 1. The summed E-state index contributed by atoms with van der Waals surface area (Å²) in [5.74, 6) is 0.893. The van der Waals surface area contributed by atoms with E-state index in [9.17, 15) is 13.2 Å². The number of anilines is 1. The minimum atomic E-state index is -4.39. The van der Waals surface area contributed by atoms with E-state index in [1.54, 1.807) is 30.5 Å². The maximum absolute atomic E-state index is 12.3. The van der Waals surface area contributed by atoms with Gasteiger partial charge in [0, 0.05) is 12.4 Å². The molecule has 104 valence electrons. The van der Waals surface area contributed by atoms with Gasteiger partial charge in [0.1, 0.15) is 11.6 Å². The topological polar surface area (TPSA) is 50.4 Å². The van der Waals surface area contributed by atoms with E-state index in [2.05, 4.69) is 15.5 Å². The van der Waals surface area contributed by atoms with Crippen LogP contribution in [0.3, 0.4) is 0 Å². The zero-order valence-electron chi connectivity index (χ0n) is 10.1. The first-order valence-corrected chi connectivity index (χ1v) is 5.58. The molecule has 7 heteroatoms. The molecule has 0 fully saturated rings. The molecule has 0 radical (unpaired) electrons. The summed E-state index contributed by atoms with van der Waals surface area (Å²) in [6, 6.07) is 5.66. The first kappa shape index (κ1) is 13.9. The van der Waals surface area contributed by atoms with Crippen LogP contribution in [-0.2, 0) is 6.18 Å². The molecule has 0 amide bonds. The smallest absolute Gasteiger partial charge is 0.417 e. The molecule has 0 spiro atoms. The van der Waals surface area contributed by atoms with Crippen molar-refractivity contribution in [2.75, 3.05) is 5.43 Å². The molecule has 0 saturated heterocycles. The predicted octanol–water partition coefficient (Wildman–Crippen LogP) is 3.80. The lowest BCUT2D eigenvalue weighted by Crippen LogP contribution is -2.05. The molecule has 0 aliphatic heterocycles. The Bertz CT molecular complexity index is 586. The van der Waals surface area contributed by atoms with Crippen molar-refractivity contribution in [1.82, 2.24) is 4.98 Å². The Morgan fingerprint density at radius 1 is 1.25 bits per heavy atom. The molecule has 0 saturated carbocycles. The number of nitrogens with zero attached hydrogens (tertiary/aromatic N) is 2. The van der Waals surface area contributed by atoms with E-state index in [0.29, 0.717) is 5.76 Å². The number of rotatable bonds is 4. The summed E-state index contributed by atoms with van der Waals surface area (Å²) in [7, 11) is 0. The van der Waals surface area contributed by atoms with Gasteiger partial charge in [0.2, 0.25) is 0 Å². The third-order valence-electron chi connectivity index (χ3n) is 2.23. The highest BCUT2D eigenvalue weighted by Crippen LogP contribution is 2.28. The molecule has 0 aliphatic rings. The van der Waals surface area contributed by atoms with Crippen molar-refractivity contribution in [3.63, 3.8) is 0 Å². The van der Waals surface area contributed by atoms with Crippen LogP contribution in [0.4, 0.5) is 19.0 Å². The van der Waals surface area contributed by atoms with Gasteiger partial charge in [-0.25, -0.2) is 4.98 Å². The maximum atomic E-state index is 12.3. The molecule has 4 nitrogen and oxygen atoms in total. The summed E-state index contributed by atoms with van der Waals surface area (Å²) in [5, 5.41) is 3.79. The number of furan rings is 1. The van der Waals surface area contributed by atoms with Gasteiger partial charge in [-0.3, -0.25) is 5.43 Å². The number of alkyl halides is 3. The molecular weight excluding hydrogens is 271 g/mol. The number of allylic oxidation sites excluding steroid dienone is 1. The van der Waals surface area contributed by atoms with Gasteiger partial charge in [0.15, 0.2) is 0 Å². The predicted molar refractivity (Wildman–Crippen MR) is 69.1 cm³/mol. The molecule has 2 aromatic rings. The highest BCUT2D eigenvalue weighted by molar-refractivity contribution is 5.77. The summed E-state index contributed by atoms with van der Waals surface area (Å²) in [6.07, 6.45) is 2.64. The van der Waals surface area contributed by atoms with Gasteiger partial charge in [-0.05, 0) is 36.4 Å². The normalized spacial score (nSPS) is 12.3. The number of aromatic nitrogens is 1. The fourth-order valence-corrected chi connectivity index (χ4v) is 1.30. The van der Waals surface area contributed by atoms with E-state index in [1.807, 2.05) is 0 Å². The van der Waals surface area contributed by atoms with E-state index in [4.69, 9.17) is 4.42 Å². The molecule has 20 heavy (non-hydrogen) atoms. The molecule has 2 aromatic heterocycles. The summed E-state index contributed by atoms with van der Waals surface area (Å²) in [4.78, 5) is 3.61. The Hall–Kier alpha value is -2.57. The highest BCUT2D eigenvalue weighted by atomic mass is 19.4. The average Bonchev–Trinajstić information content (AvgIpc) is 2.91. The van der Waals surface area contributed by atoms with Gasteiger partial charge in [-0.15, -0.1) is 0 Å². The summed E-state index contributed by atoms with van der Waals surface area (Å²) in [6.45, 7) is 0. The van der Waals surface area contributed by atoms with Crippen LogP contribution in [0.2, 0.25) is 0 Å². The van der Waals surface area contributed by atoms with Crippen molar-refractivity contribution in [2.24, 2.45) is 5.10 Å². The number of hydrogen-bond acceptors (Lipinski definition) is 4. The lowest BCUT2D eigenvalue weighted by molar-refractivity contribution is -0.137. The van der Waals surface area contributed by atoms with E-state index in [-0.39, 0.29) is 5.82 Å². The second-order valence-corrected chi connectivity index (χ2v) is 3.69. The fraction of sp³-hybridized carbons (Fsp3) is 0.0769. The Kier molecular flexibility index (Phi) is 4.19. The highest BCUT2D eigenvalue weighted by Gasteiger charge is 2.30. The Balaban J connectivity index is 1.88. The molecule has 2 heterocycles. The van der Waals surface area contributed by atoms with Crippen molar-refractivity contribution in [1.29, 1.82) is 0 Å². The maximum Gasteiger partial charge on any atom is 0.417 e. The molecule has 2 rings (SSSR count). The fourth-order valence-electron chi connectivity index (χ4n) is 1.30. The van der Waals surface area contributed by atoms with E-state index in [1.165, 1.54) is 12.3 Å². The van der Waals surface area contributed by atoms with Gasteiger partial charge in [-0.1, -0.05) is 0 Å². The zero-order chi connectivity index (χ0) is 14.4. The lowest BCUT2D eigenvalue weighted by Gasteiger charge is -2.05. The lowest BCUT2D eigenvalue weighted by atomic mass is 10.3. The van der Waals surface area contributed by atoms with Crippen molar-refractivity contribution in [3.8, 4) is 0 Å². The van der Waals surface area contributed by atoms with Crippen LogP contribution >= 0.6 is 0 Å².